The van der Waals surface area contributed by atoms with Gasteiger partial charge in [0.05, 0.1) is 41.8 Å². The lowest BCUT2D eigenvalue weighted by atomic mass is 9.67. The molecule has 156 valence electrons. The summed E-state index contributed by atoms with van der Waals surface area (Å²) in [5, 5.41) is 7.18. The van der Waals surface area contributed by atoms with Gasteiger partial charge >= 0.3 is 0 Å². The number of hydrogen-bond acceptors (Lipinski definition) is 7. The van der Waals surface area contributed by atoms with E-state index in [9.17, 15) is 4.79 Å². The number of hydrogen-bond donors (Lipinski definition) is 1. The summed E-state index contributed by atoms with van der Waals surface area (Å²) in [6.07, 6.45) is 6.26. The van der Waals surface area contributed by atoms with Gasteiger partial charge in [-0.05, 0) is 53.2 Å². The number of carbonyl (C=O) groups is 1. The molecule has 0 spiro atoms. The van der Waals surface area contributed by atoms with Crippen molar-refractivity contribution in [2.24, 2.45) is 5.41 Å². The summed E-state index contributed by atoms with van der Waals surface area (Å²) in [4.78, 5) is 26.8. The van der Waals surface area contributed by atoms with Crippen LogP contribution in [0.2, 0.25) is 0 Å². The minimum atomic E-state index is -0.377. The maximum absolute atomic E-state index is 13.5. The molecule has 2 aromatic heterocycles. The molecular weight excluding hydrogens is 368 g/mol. The normalized spacial score (nSPS) is 25.6. The zero-order valence-electron chi connectivity index (χ0n) is 17.5. The number of fused-ring (bicyclic) bond motifs is 1. The molecule has 8 heteroatoms. The van der Waals surface area contributed by atoms with Crippen molar-refractivity contribution in [2.45, 2.75) is 52.2 Å². The van der Waals surface area contributed by atoms with Crippen LogP contribution in [0.15, 0.2) is 23.0 Å². The van der Waals surface area contributed by atoms with Crippen molar-refractivity contribution in [3.8, 4) is 0 Å². The van der Waals surface area contributed by atoms with E-state index in [1.54, 1.807) is 12.4 Å². The van der Waals surface area contributed by atoms with Crippen molar-refractivity contribution in [3.05, 3.63) is 41.3 Å². The molecule has 2 atom stereocenters. The molecule has 0 saturated carbocycles. The zero-order chi connectivity index (χ0) is 20.4. The number of nitrogens with zero attached hydrogens (tertiary/aromatic N) is 5. The Morgan fingerprint density at radius 2 is 2.10 bits per heavy atom. The lowest BCUT2D eigenvalue weighted by Crippen LogP contribution is -2.65. The van der Waals surface area contributed by atoms with E-state index in [4.69, 9.17) is 4.52 Å². The molecule has 0 aromatic carbocycles. The first-order chi connectivity index (χ1) is 14.0. The lowest BCUT2D eigenvalue weighted by Gasteiger charge is -2.53. The van der Waals surface area contributed by atoms with E-state index in [1.807, 2.05) is 19.9 Å². The van der Waals surface area contributed by atoms with Crippen LogP contribution in [-0.4, -0.2) is 63.6 Å². The monoisotopic (exact) mass is 398 g/mol. The van der Waals surface area contributed by atoms with Gasteiger partial charge in [0.1, 0.15) is 0 Å². The molecular formula is C21H30N6O2. The molecule has 1 N–H and O–H groups in total. The first-order valence-corrected chi connectivity index (χ1v) is 10.4. The van der Waals surface area contributed by atoms with E-state index in [2.05, 4.69) is 37.3 Å². The molecule has 29 heavy (non-hydrogen) atoms. The summed E-state index contributed by atoms with van der Waals surface area (Å²) in [6, 6.07) is 2.14. The molecule has 2 aromatic rings. The fourth-order valence-electron chi connectivity index (χ4n) is 4.74. The number of piperidine rings is 2. The first-order valence-electron chi connectivity index (χ1n) is 10.4. The van der Waals surface area contributed by atoms with E-state index in [1.165, 1.54) is 0 Å². The molecule has 2 aliphatic rings. The summed E-state index contributed by atoms with van der Waals surface area (Å²) in [5.41, 5.74) is 2.17. The van der Waals surface area contributed by atoms with Gasteiger partial charge in [-0.1, -0.05) is 5.16 Å². The Morgan fingerprint density at radius 3 is 2.83 bits per heavy atom. The van der Waals surface area contributed by atoms with Crippen molar-refractivity contribution < 1.29 is 9.32 Å². The first kappa shape index (κ1) is 20.0. The van der Waals surface area contributed by atoms with Crippen LogP contribution in [0.5, 0.6) is 0 Å². The number of nitrogens with one attached hydrogen (secondary N) is 1. The van der Waals surface area contributed by atoms with Gasteiger partial charge in [0.25, 0.3) is 0 Å². The van der Waals surface area contributed by atoms with Crippen molar-refractivity contribution >= 4 is 5.91 Å². The minimum absolute atomic E-state index is 0.136. The van der Waals surface area contributed by atoms with Crippen LogP contribution in [0.25, 0.3) is 0 Å². The molecule has 2 aliphatic heterocycles. The van der Waals surface area contributed by atoms with Crippen LogP contribution in [-0.2, 0) is 17.9 Å². The largest absolute Gasteiger partial charge is 0.360 e. The van der Waals surface area contributed by atoms with Gasteiger partial charge in [0.2, 0.25) is 5.91 Å². The minimum Gasteiger partial charge on any atom is -0.360 e. The van der Waals surface area contributed by atoms with Gasteiger partial charge in [0, 0.05) is 24.8 Å². The van der Waals surface area contributed by atoms with Gasteiger partial charge in [-0.3, -0.25) is 19.7 Å². The predicted molar refractivity (Wildman–Crippen MR) is 108 cm³/mol. The average Bonchev–Trinajstić information content (AvgIpc) is 3.12. The zero-order valence-corrected chi connectivity index (χ0v) is 17.5. The Kier molecular flexibility index (Phi) is 5.65. The van der Waals surface area contributed by atoms with E-state index < -0.39 is 0 Å². The standard InChI is InChI=1S/C21H30N6O2/c1-15-9-18(29-25-15)13-27-7-4-5-21(6-8-26(3)14-19(21)27)20(28)24-12-17-11-22-16(2)10-23-17/h9-11,19H,4-8,12-14H2,1-3H3,(H,24,28)/t19-,21+/m0/s1. The molecule has 0 unspecified atom stereocenters. The van der Waals surface area contributed by atoms with Gasteiger partial charge in [-0.25, -0.2) is 0 Å². The highest BCUT2D eigenvalue weighted by atomic mass is 16.5. The molecule has 0 radical (unpaired) electrons. The third kappa shape index (κ3) is 4.18. The van der Waals surface area contributed by atoms with Gasteiger partial charge in [-0.15, -0.1) is 0 Å². The van der Waals surface area contributed by atoms with Crippen LogP contribution < -0.4 is 5.32 Å². The second-order valence-electron chi connectivity index (χ2n) is 8.52. The maximum atomic E-state index is 13.5. The highest BCUT2D eigenvalue weighted by molar-refractivity contribution is 5.83. The summed E-state index contributed by atoms with van der Waals surface area (Å²) < 4.78 is 5.46. The van der Waals surface area contributed by atoms with Gasteiger partial charge in [0.15, 0.2) is 5.76 Å². The molecule has 2 fully saturated rings. The fourth-order valence-corrected chi connectivity index (χ4v) is 4.74. The number of carbonyl (C=O) groups excluding carboxylic acids is 1. The number of aryl methyl sites for hydroxylation is 2. The molecule has 1 amide bonds. The number of rotatable bonds is 5. The van der Waals surface area contributed by atoms with E-state index >= 15 is 0 Å². The van der Waals surface area contributed by atoms with Crippen LogP contribution in [0.1, 0.15) is 42.1 Å². The van der Waals surface area contributed by atoms with Crippen LogP contribution in [0, 0.1) is 19.3 Å². The number of amides is 1. The van der Waals surface area contributed by atoms with Crippen LogP contribution >= 0.6 is 0 Å². The summed E-state index contributed by atoms with van der Waals surface area (Å²) in [7, 11) is 2.13. The SMILES string of the molecule is Cc1cnc(CNC(=O)[C@@]23CCCN(Cc4cc(C)no4)[C@H]2CN(C)CC3)cn1. The third-order valence-electron chi connectivity index (χ3n) is 6.32. The van der Waals surface area contributed by atoms with Crippen LogP contribution in [0.3, 0.4) is 0 Å². The highest BCUT2D eigenvalue weighted by Crippen LogP contribution is 2.43. The third-order valence-corrected chi connectivity index (χ3v) is 6.32. The molecule has 0 aliphatic carbocycles. The van der Waals surface area contributed by atoms with Gasteiger partial charge in [-0.2, -0.15) is 0 Å². The molecule has 4 rings (SSSR count). The number of likely N-dealkylation sites (N-methyl/N-ethyl adjacent to an activating group) is 1. The summed E-state index contributed by atoms with van der Waals surface area (Å²) in [5.74, 6) is 0.998. The van der Waals surface area contributed by atoms with Crippen molar-refractivity contribution in [3.63, 3.8) is 0 Å². The summed E-state index contributed by atoms with van der Waals surface area (Å²) in [6.45, 7) is 7.73. The maximum Gasteiger partial charge on any atom is 0.228 e. The fraction of sp³-hybridized carbons (Fsp3) is 0.619. The Morgan fingerprint density at radius 1 is 1.24 bits per heavy atom. The van der Waals surface area contributed by atoms with Crippen molar-refractivity contribution in [1.29, 1.82) is 0 Å². The number of likely N-dealkylation sites (tertiary alicyclic amines) is 2. The Bertz CT molecular complexity index is 851. The Balaban J connectivity index is 1.51. The Hall–Kier alpha value is -2.32. The lowest BCUT2D eigenvalue weighted by molar-refractivity contribution is -0.145. The van der Waals surface area contributed by atoms with Gasteiger partial charge < -0.3 is 14.7 Å². The smallest absolute Gasteiger partial charge is 0.228 e. The average molecular weight is 399 g/mol. The number of aromatic nitrogens is 3. The summed E-state index contributed by atoms with van der Waals surface area (Å²) >= 11 is 0. The topological polar surface area (TPSA) is 87.4 Å². The quantitative estimate of drug-likeness (QED) is 0.820. The molecule has 2 saturated heterocycles. The predicted octanol–water partition coefficient (Wildman–Crippen LogP) is 1.68. The molecule has 8 nitrogen and oxygen atoms in total. The second-order valence-corrected chi connectivity index (χ2v) is 8.52. The van der Waals surface area contributed by atoms with E-state index in [0.29, 0.717) is 13.1 Å². The highest BCUT2D eigenvalue weighted by Gasteiger charge is 2.52. The second kappa shape index (κ2) is 8.20. The van der Waals surface area contributed by atoms with Crippen LogP contribution in [0.4, 0.5) is 0 Å². The van der Waals surface area contributed by atoms with Crippen molar-refractivity contribution in [1.82, 2.24) is 30.2 Å². The Labute approximate surface area is 171 Å². The molecule has 0 bridgehead atoms. The molecule has 4 heterocycles. The van der Waals surface area contributed by atoms with Crippen molar-refractivity contribution in [2.75, 3.05) is 26.7 Å². The van der Waals surface area contributed by atoms with E-state index in [-0.39, 0.29) is 17.4 Å². The van der Waals surface area contributed by atoms with E-state index in [0.717, 1.165) is 61.7 Å².